The van der Waals surface area contributed by atoms with Crippen LogP contribution in [-0.4, -0.2) is 14.8 Å². The number of nitrogens with two attached hydrogens (primary N) is 1. The second-order valence-electron chi connectivity index (χ2n) is 5.81. The molecule has 0 spiro atoms. The zero-order valence-corrected chi connectivity index (χ0v) is 12.0. The Labute approximate surface area is 120 Å². The van der Waals surface area contributed by atoms with E-state index in [9.17, 15) is 0 Å². The summed E-state index contributed by atoms with van der Waals surface area (Å²) in [6.07, 6.45) is 6.90. The maximum atomic E-state index is 6.71. The van der Waals surface area contributed by atoms with Gasteiger partial charge in [0, 0.05) is 5.69 Å². The molecule has 1 aromatic heterocycles. The van der Waals surface area contributed by atoms with Crippen molar-refractivity contribution in [2.75, 3.05) is 0 Å². The van der Waals surface area contributed by atoms with Crippen LogP contribution in [0.5, 0.6) is 0 Å². The minimum absolute atomic E-state index is 0.340. The number of rotatable bonds is 2. The van der Waals surface area contributed by atoms with E-state index in [-0.39, 0.29) is 5.54 Å². The highest BCUT2D eigenvalue weighted by Gasteiger charge is 2.34. The predicted molar refractivity (Wildman–Crippen MR) is 79.7 cm³/mol. The van der Waals surface area contributed by atoms with E-state index in [2.05, 4.69) is 26.9 Å². The van der Waals surface area contributed by atoms with Crippen LogP contribution in [0, 0.1) is 6.92 Å². The number of aromatic nitrogens is 3. The fraction of sp³-hybridized carbons (Fsp3) is 0.500. The Kier molecular flexibility index (Phi) is 3.57. The van der Waals surface area contributed by atoms with Gasteiger partial charge in [-0.2, -0.15) is 0 Å². The Balaban J connectivity index is 2.06. The van der Waals surface area contributed by atoms with Crippen LogP contribution >= 0.6 is 0 Å². The van der Waals surface area contributed by atoms with Gasteiger partial charge in [0.1, 0.15) is 5.82 Å². The summed E-state index contributed by atoms with van der Waals surface area (Å²) in [5, 5.41) is 8.69. The van der Waals surface area contributed by atoms with E-state index in [1.54, 1.807) is 0 Å². The lowest BCUT2D eigenvalue weighted by Gasteiger charge is -2.27. The summed E-state index contributed by atoms with van der Waals surface area (Å²) in [4.78, 5) is 0. The van der Waals surface area contributed by atoms with E-state index in [0.29, 0.717) is 0 Å². The van der Waals surface area contributed by atoms with Gasteiger partial charge in [-0.3, -0.25) is 4.57 Å². The highest BCUT2D eigenvalue weighted by atomic mass is 15.3. The van der Waals surface area contributed by atoms with E-state index >= 15 is 0 Å². The molecular formula is C16H22N4. The van der Waals surface area contributed by atoms with Crippen molar-refractivity contribution < 1.29 is 0 Å². The van der Waals surface area contributed by atoms with Crippen LogP contribution in [0.1, 0.15) is 50.2 Å². The maximum absolute atomic E-state index is 6.71. The van der Waals surface area contributed by atoms with Gasteiger partial charge in [0.25, 0.3) is 0 Å². The van der Waals surface area contributed by atoms with E-state index in [0.717, 1.165) is 30.2 Å². The van der Waals surface area contributed by atoms with Crippen LogP contribution in [0.3, 0.4) is 0 Å². The normalized spacial score (nSPS) is 18.7. The zero-order valence-electron chi connectivity index (χ0n) is 12.0. The molecule has 0 unspecified atom stereocenters. The molecule has 1 heterocycles. The van der Waals surface area contributed by atoms with Crippen molar-refractivity contribution in [3.05, 3.63) is 42.0 Å². The summed E-state index contributed by atoms with van der Waals surface area (Å²) in [5.41, 5.74) is 7.47. The van der Waals surface area contributed by atoms with E-state index in [1.807, 2.05) is 25.1 Å². The molecule has 0 aliphatic heterocycles. The molecule has 20 heavy (non-hydrogen) atoms. The summed E-state index contributed by atoms with van der Waals surface area (Å²) in [6, 6.07) is 10.3. The second kappa shape index (κ2) is 5.37. The highest BCUT2D eigenvalue weighted by Crippen LogP contribution is 2.34. The fourth-order valence-corrected chi connectivity index (χ4v) is 3.15. The molecule has 0 amide bonds. The Morgan fingerprint density at radius 2 is 1.65 bits per heavy atom. The maximum Gasteiger partial charge on any atom is 0.157 e. The third-order valence-electron chi connectivity index (χ3n) is 4.28. The largest absolute Gasteiger partial charge is 0.319 e. The summed E-state index contributed by atoms with van der Waals surface area (Å²) < 4.78 is 2.12. The van der Waals surface area contributed by atoms with E-state index in [1.165, 1.54) is 25.7 Å². The van der Waals surface area contributed by atoms with Crippen LogP contribution in [0.15, 0.2) is 30.3 Å². The standard InChI is InChI=1S/C16H22N4/c1-13-18-19-15(16(17)11-7-2-3-8-12-16)20(13)14-9-5-4-6-10-14/h4-6,9-10H,2-3,7-8,11-12,17H2,1H3. The molecule has 106 valence electrons. The smallest absolute Gasteiger partial charge is 0.157 e. The Bertz CT molecular complexity index is 565. The molecule has 4 heteroatoms. The molecule has 1 aromatic carbocycles. The molecule has 0 bridgehead atoms. The third-order valence-corrected chi connectivity index (χ3v) is 4.28. The quantitative estimate of drug-likeness (QED) is 0.853. The molecule has 1 saturated carbocycles. The molecule has 2 aromatic rings. The first kappa shape index (κ1) is 13.3. The summed E-state index contributed by atoms with van der Waals surface area (Å²) in [7, 11) is 0. The van der Waals surface area contributed by atoms with Gasteiger partial charge >= 0.3 is 0 Å². The minimum atomic E-state index is -0.340. The lowest BCUT2D eigenvalue weighted by Crippen LogP contribution is -2.39. The molecule has 2 N–H and O–H groups in total. The van der Waals surface area contributed by atoms with Gasteiger partial charge in [-0.25, -0.2) is 0 Å². The molecule has 0 atom stereocenters. The summed E-state index contributed by atoms with van der Waals surface area (Å²) >= 11 is 0. The number of nitrogens with zero attached hydrogens (tertiary/aromatic N) is 3. The number of hydrogen-bond acceptors (Lipinski definition) is 3. The van der Waals surface area contributed by atoms with Crippen molar-refractivity contribution in [1.29, 1.82) is 0 Å². The number of aryl methyl sites for hydroxylation is 1. The Morgan fingerprint density at radius 1 is 1.00 bits per heavy atom. The van der Waals surface area contributed by atoms with E-state index in [4.69, 9.17) is 5.73 Å². The van der Waals surface area contributed by atoms with Gasteiger partial charge in [0.05, 0.1) is 5.54 Å². The molecule has 1 aliphatic carbocycles. The van der Waals surface area contributed by atoms with Gasteiger partial charge in [-0.1, -0.05) is 43.9 Å². The van der Waals surface area contributed by atoms with Gasteiger partial charge in [0.15, 0.2) is 5.82 Å². The molecule has 0 saturated heterocycles. The van der Waals surface area contributed by atoms with Crippen LogP contribution in [-0.2, 0) is 5.54 Å². The Morgan fingerprint density at radius 3 is 2.30 bits per heavy atom. The first-order valence-electron chi connectivity index (χ1n) is 7.47. The first-order valence-corrected chi connectivity index (χ1v) is 7.47. The Hall–Kier alpha value is -1.68. The van der Waals surface area contributed by atoms with Gasteiger partial charge in [-0.05, 0) is 31.9 Å². The zero-order chi connectivity index (χ0) is 14.0. The van der Waals surface area contributed by atoms with Crippen molar-refractivity contribution in [3.63, 3.8) is 0 Å². The highest BCUT2D eigenvalue weighted by molar-refractivity contribution is 5.35. The second-order valence-corrected chi connectivity index (χ2v) is 5.81. The van der Waals surface area contributed by atoms with Crippen LogP contribution < -0.4 is 5.73 Å². The van der Waals surface area contributed by atoms with Crippen molar-refractivity contribution >= 4 is 0 Å². The van der Waals surface area contributed by atoms with Gasteiger partial charge in [0.2, 0.25) is 0 Å². The van der Waals surface area contributed by atoms with Crippen LogP contribution in [0.4, 0.5) is 0 Å². The molecule has 1 fully saturated rings. The summed E-state index contributed by atoms with van der Waals surface area (Å²) in [5.74, 6) is 1.82. The monoisotopic (exact) mass is 270 g/mol. The predicted octanol–water partition coefficient (Wildman–Crippen LogP) is 3.08. The van der Waals surface area contributed by atoms with Crippen LogP contribution in [0.25, 0.3) is 5.69 Å². The third kappa shape index (κ3) is 2.36. The summed E-state index contributed by atoms with van der Waals surface area (Å²) in [6.45, 7) is 1.99. The lowest BCUT2D eigenvalue weighted by atomic mass is 9.90. The lowest BCUT2D eigenvalue weighted by molar-refractivity contribution is 0.356. The van der Waals surface area contributed by atoms with Crippen molar-refractivity contribution in [3.8, 4) is 5.69 Å². The molecule has 4 nitrogen and oxygen atoms in total. The number of benzene rings is 1. The number of hydrogen-bond donors (Lipinski definition) is 1. The van der Waals surface area contributed by atoms with Gasteiger partial charge < -0.3 is 5.73 Å². The van der Waals surface area contributed by atoms with E-state index < -0.39 is 0 Å². The molecule has 3 rings (SSSR count). The average molecular weight is 270 g/mol. The fourth-order valence-electron chi connectivity index (χ4n) is 3.15. The van der Waals surface area contributed by atoms with Crippen molar-refractivity contribution in [2.45, 2.75) is 51.0 Å². The average Bonchev–Trinajstić information content (AvgIpc) is 2.72. The SMILES string of the molecule is Cc1nnc(C2(N)CCCCCC2)n1-c1ccccc1. The number of para-hydroxylation sites is 1. The first-order chi connectivity index (χ1) is 9.71. The van der Waals surface area contributed by atoms with Crippen molar-refractivity contribution in [2.24, 2.45) is 5.73 Å². The van der Waals surface area contributed by atoms with Crippen molar-refractivity contribution in [1.82, 2.24) is 14.8 Å². The molecular weight excluding hydrogens is 248 g/mol. The minimum Gasteiger partial charge on any atom is -0.319 e. The van der Waals surface area contributed by atoms with Crippen LogP contribution in [0.2, 0.25) is 0 Å². The van der Waals surface area contributed by atoms with Gasteiger partial charge in [-0.15, -0.1) is 10.2 Å². The molecule has 1 aliphatic rings. The topological polar surface area (TPSA) is 56.7 Å². The molecule has 0 radical (unpaired) electrons.